The second-order valence-electron chi connectivity index (χ2n) is 11.6. The van der Waals surface area contributed by atoms with Crippen LogP contribution in [0.2, 0.25) is 10.0 Å². The molecule has 6 aromatic rings. The highest BCUT2D eigenvalue weighted by Gasteiger charge is 2.09. The van der Waals surface area contributed by atoms with Crippen molar-refractivity contribution in [3.63, 3.8) is 0 Å². The van der Waals surface area contributed by atoms with Gasteiger partial charge in [-0.1, -0.05) is 45.8 Å². The van der Waals surface area contributed by atoms with E-state index in [-0.39, 0.29) is 0 Å². The lowest BCUT2D eigenvalue weighted by Crippen LogP contribution is -2.33. The minimum absolute atomic E-state index is 0.640. The standard InChI is InChI=1S/C35H35Cl2N13/c1-48(14-16-49(2)46-44-28-10-12-32-30(20-28)34(40-22-38-32)42-26-8-4-6-24(36)18-26)15-17-50(3)47-45-29-11-13-33-31(21-29)35(41-23-39-33)43-27-9-5-7-25(37)19-27/h4-13,18-23H,14-17H2,1-3H3,(H,38,40,42)(H,39,41,43). The summed E-state index contributed by atoms with van der Waals surface area (Å²) >= 11 is 12.3. The first-order chi connectivity index (χ1) is 24.3. The van der Waals surface area contributed by atoms with E-state index in [1.165, 1.54) is 12.7 Å². The number of nitrogens with zero attached hydrogens (tertiary/aromatic N) is 11. The minimum Gasteiger partial charge on any atom is -0.340 e. The molecule has 4 aromatic carbocycles. The third-order valence-electron chi connectivity index (χ3n) is 7.65. The second kappa shape index (κ2) is 16.3. The highest BCUT2D eigenvalue weighted by Crippen LogP contribution is 2.29. The summed E-state index contributed by atoms with van der Waals surface area (Å²) in [5.41, 5.74) is 4.65. The van der Waals surface area contributed by atoms with Crippen molar-refractivity contribution < 1.29 is 0 Å². The molecular weight excluding hydrogens is 673 g/mol. The van der Waals surface area contributed by atoms with Crippen LogP contribution in [0.25, 0.3) is 21.8 Å². The van der Waals surface area contributed by atoms with Crippen LogP contribution in [-0.2, 0) is 0 Å². The van der Waals surface area contributed by atoms with Crippen LogP contribution in [0.15, 0.2) is 118 Å². The molecule has 0 aliphatic carbocycles. The van der Waals surface area contributed by atoms with Gasteiger partial charge in [0, 0.05) is 59.4 Å². The second-order valence-corrected chi connectivity index (χ2v) is 12.4. The number of hydrogen-bond acceptors (Lipinski definition) is 11. The van der Waals surface area contributed by atoms with Gasteiger partial charge in [0.1, 0.15) is 24.3 Å². The summed E-state index contributed by atoms with van der Waals surface area (Å²) in [5.74, 6) is 1.33. The largest absolute Gasteiger partial charge is 0.340 e. The summed E-state index contributed by atoms with van der Waals surface area (Å²) in [7, 11) is 5.86. The molecule has 2 heterocycles. The first-order valence-corrected chi connectivity index (χ1v) is 16.5. The van der Waals surface area contributed by atoms with Crippen LogP contribution in [0.1, 0.15) is 0 Å². The quantitative estimate of drug-likeness (QED) is 0.0840. The third-order valence-corrected chi connectivity index (χ3v) is 8.12. The van der Waals surface area contributed by atoms with Gasteiger partial charge in [-0.05, 0) is 79.8 Å². The Labute approximate surface area is 299 Å². The van der Waals surface area contributed by atoms with Gasteiger partial charge in [-0.25, -0.2) is 19.9 Å². The molecule has 13 nitrogen and oxygen atoms in total. The van der Waals surface area contributed by atoms with E-state index >= 15 is 0 Å². The highest BCUT2D eigenvalue weighted by molar-refractivity contribution is 6.31. The van der Waals surface area contributed by atoms with Crippen LogP contribution < -0.4 is 10.6 Å². The number of benzene rings is 4. The molecule has 0 saturated heterocycles. The normalized spacial score (nSPS) is 11.6. The highest BCUT2D eigenvalue weighted by atomic mass is 35.5. The number of rotatable bonds is 14. The molecule has 0 unspecified atom stereocenters. The van der Waals surface area contributed by atoms with Crippen molar-refractivity contribution in [2.45, 2.75) is 0 Å². The summed E-state index contributed by atoms with van der Waals surface area (Å²) in [6, 6.07) is 26.4. The maximum absolute atomic E-state index is 6.15. The predicted molar refractivity (Wildman–Crippen MR) is 200 cm³/mol. The van der Waals surface area contributed by atoms with Gasteiger partial charge >= 0.3 is 0 Å². The van der Waals surface area contributed by atoms with Crippen LogP contribution in [-0.4, -0.2) is 82.2 Å². The van der Waals surface area contributed by atoms with Crippen molar-refractivity contribution in [2.24, 2.45) is 20.7 Å². The Hall–Kier alpha value is -5.50. The van der Waals surface area contributed by atoms with Crippen LogP contribution >= 0.6 is 23.2 Å². The number of halogens is 2. The van der Waals surface area contributed by atoms with Gasteiger partial charge in [-0.3, -0.25) is 10.0 Å². The average Bonchev–Trinajstić information content (AvgIpc) is 3.11. The Balaban J connectivity index is 0.987. The first kappa shape index (κ1) is 34.4. The van der Waals surface area contributed by atoms with Gasteiger partial charge < -0.3 is 15.5 Å². The SMILES string of the molecule is CN(CCN(C)N=Nc1ccc2ncnc(Nc3cccc(Cl)c3)c2c1)CCN(C)N=Nc1ccc2ncnc(Nc3cccc(Cl)c3)c2c1. The molecule has 0 saturated carbocycles. The van der Waals surface area contributed by atoms with E-state index in [0.717, 1.165) is 46.3 Å². The molecule has 15 heteroatoms. The summed E-state index contributed by atoms with van der Waals surface area (Å²) in [5, 5.41) is 30.9. The van der Waals surface area contributed by atoms with Gasteiger partial charge in [-0.2, -0.15) is 0 Å². The molecule has 0 amide bonds. The van der Waals surface area contributed by atoms with E-state index in [1.54, 1.807) is 0 Å². The van der Waals surface area contributed by atoms with E-state index in [0.29, 0.717) is 46.1 Å². The van der Waals surface area contributed by atoms with Crippen molar-refractivity contribution in [1.29, 1.82) is 0 Å². The predicted octanol–water partition coefficient (Wildman–Crippen LogP) is 8.86. The Morgan fingerprint density at radius 3 is 1.46 bits per heavy atom. The Bertz CT molecular complexity index is 1990. The molecule has 50 heavy (non-hydrogen) atoms. The molecular formula is C35H35Cl2N13. The summed E-state index contributed by atoms with van der Waals surface area (Å²) in [6.45, 7) is 2.95. The third kappa shape index (κ3) is 9.35. The van der Waals surface area contributed by atoms with Gasteiger partial charge in [0.25, 0.3) is 0 Å². The van der Waals surface area contributed by atoms with Crippen molar-refractivity contribution in [3.05, 3.63) is 108 Å². The molecule has 0 radical (unpaired) electrons. The van der Waals surface area contributed by atoms with Crippen LogP contribution in [0.5, 0.6) is 0 Å². The fourth-order valence-electron chi connectivity index (χ4n) is 4.91. The lowest BCUT2D eigenvalue weighted by atomic mass is 10.2. The van der Waals surface area contributed by atoms with Crippen molar-refractivity contribution in [2.75, 3.05) is 58.0 Å². The van der Waals surface area contributed by atoms with E-state index in [2.05, 4.69) is 63.2 Å². The molecule has 6 rings (SSSR count). The zero-order valence-corrected chi connectivity index (χ0v) is 29.3. The van der Waals surface area contributed by atoms with Gasteiger partial charge in [0.05, 0.1) is 35.5 Å². The number of anilines is 4. The molecule has 0 aliphatic heterocycles. The van der Waals surface area contributed by atoms with Crippen LogP contribution in [0.4, 0.5) is 34.4 Å². The summed E-state index contributed by atoms with van der Waals surface area (Å²) in [6.07, 6.45) is 3.06. The van der Waals surface area contributed by atoms with Crippen LogP contribution in [0, 0.1) is 0 Å². The molecule has 2 N–H and O–H groups in total. The van der Waals surface area contributed by atoms with E-state index in [4.69, 9.17) is 23.2 Å². The lowest BCUT2D eigenvalue weighted by Gasteiger charge is -2.21. The fourth-order valence-corrected chi connectivity index (χ4v) is 5.29. The number of hydrogen-bond donors (Lipinski definition) is 2. The molecule has 0 fully saturated rings. The topological polar surface area (TPSA) is 135 Å². The number of aromatic nitrogens is 4. The number of nitrogens with one attached hydrogen (secondary N) is 2. The van der Waals surface area contributed by atoms with E-state index in [9.17, 15) is 0 Å². The maximum atomic E-state index is 6.15. The Morgan fingerprint density at radius 2 is 1.02 bits per heavy atom. The molecule has 0 aliphatic rings. The first-order valence-electron chi connectivity index (χ1n) is 15.8. The smallest absolute Gasteiger partial charge is 0.141 e. The fraction of sp³-hybridized carbons (Fsp3) is 0.200. The zero-order valence-electron chi connectivity index (χ0n) is 27.7. The van der Waals surface area contributed by atoms with E-state index < -0.39 is 0 Å². The average molecular weight is 709 g/mol. The molecule has 2 aromatic heterocycles. The van der Waals surface area contributed by atoms with Gasteiger partial charge in [-0.15, -0.1) is 10.2 Å². The Kier molecular flexibility index (Phi) is 11.2. The molecule has 0 bridgehead atoms. The number of likely N-dealkylation sites (N-methyl/N-ethyl adjacent to an activating group) is 3. The van der Waals surface area contributed by atoms with E-state index in [1.807, 2.05) is 109 Å². The number of fused-ring (bicyclic) bond motifs is 2. The molecule has 0 atom stereocenters. The Morgan fingerprint density at radius 1 is 0.560 bits per heavy atom. The zero-order chi connectivity index (χ0) is 34.9. The van der Waals surface area contributed by atoms with Gasteiger partial charge in [0.2, 0.25) is 0 Å². The van der Waals surface area contributed by atoms with Gasteiger partial charge in [0.15, 0.2) is 0 Å². The summed E-state index contributed by atoms with van der Waals surface area (Å²) < 4.78 is 0. The molecule has 0 spiro atoms. The molecule has 254 valence electrons. The monoisotopic (exact) mass is 707 g/mol. The van der Waals surface area contributed by atoms with Crippen molar-refractivity contribution >= 4 is 79.4 Å². The van der Waals surface area contributed by atoms with Crippen molar-refractivity contribution in [3.8, 4) is 0 Å². The van der Waals surface area contributed by atoms with Crippen LogP contribution in [0.3, 0.4) is 0 Å². The lowest BCUT2D eigenvalue weighted by molar-refractivity contribution is 0.223. The minimum atomic E-state index is 0.640. The summed E-state index contributed by atoms with van der Waals surface area (Å²) in [4.78, 5) is 19.8. The maximum Gasteiger partial charge on any atom is 0.141 e. The van der Waals surface area contributed by atoms with Crippen molar-refractivity contribution in [1.82, 2.24) is 34.9 Å².